The van der Waals surface area contributed by atoms with Crippen molar-refractivity contribution in [3.63, 3.8) is 0 Å². The Kier molecular flexibility index (Phi) is 22.5. The molecule has 12 nitrogen and oxygen atoms in total. The first-order chi connectivity index (χ1) is 31.0. The number of hydrogen-bond acceptors (Lipinski definition) is 8. The maximum Gasteiger partial charge on any atom is 0.245 e. The molecular formula is C54H87N5O7. The molecule has 0 saturated carbocycles. The predicted octanol–water partition coefficient (Wildman–Crippen LogP) is 7.54. The molecular weight excluding hydrogens is 831 g/mol. The molecule has 2 N–H and O–H groups in total. The average molecular weight is 918 g/mol. The third kappa shape index (κ3) is 16.6. The largest absolute Gasteiger partial charge is 0.379 e. The lowest BCUT2D eigenvalue weighted by Gasteiger charge is -2.41. The first-order valence-electron chi connectivity index (χ1n) is 24.6. The Hall–Kier alpha value is -4.13. The maximum atomic E-state index is 14.5. The van der Waals surface area contributed by atoms with E-state index in [1.807, 2.05) is 88.8 Å². The van der Waals surface area contributed by atoms with Gasteiger partial charge >= 0.3 is 0 Å². The summed E-state index contributed by atoms with van der Waals surface area (Å²) in [5.41, 5.74) is 3.62. The summed E-state index contributed by atoms with van der Waals surface area (Å²) in [5, 5.41) is 6.28. The first kappa shape index (κ1) is 56.2. The van der Waals surface area contributed by atoms with Gasteiger partial charge in [0.1, 0.15) is 11.8 Å². The van der Waals surface area contributed by atoms with Crippen LogP contribution in [-0.2, 0) is 52.7 Å². The molecule has 1 aliphatic rings. The number of likely N-dealkylation sites (tertiary alicyclic amines) is 1. The number of ether oxygens (including phenoxy) is 2. The van der Waals surface area contributed by atoms with Gasteiger partial charge in [0.05, 0.1) is 42.7 Å². The Bertz CT molecular complexity index is 1820. The van der Waals surface area contributed by atoms with Crippen molar-refractivity contribution < 1.29 is 33.4 Å². The van der Waals surface area contributed by atoms with E-state index < -0.39 is 42.3 Å². The van der Waals surface area contributed by atoms with Gasteiger partial charge in [0, 0.05) is 46.7 Å². The highest BCUT2D eigenvalue weighted by Gasteiger charge is 2.43. The molecule has 0 spiro atoms. The number of nitrogens with zero attached hydrogens (tertiary/aromatic N) is 3. The third-order valence-corrected chi connectivity index (χ3v) is 13.5. The monoisotopic (exact) mass is 918 g/mol. The van der Waals surface area contributed by atoms with E-state index in [0.717, 1.165) is 30.4 Å². The fourth-order valence-corrected chi connectivity index (χ4v) is 9.91. The van der Waals surface area contributed by atoms with Crippen LogP contribution in [-0.4, -0.2) is 128 Å². The second-order valence-electron chi connectivity index (χ2n) is 21.2. The molecule has 370 valence electrons. The molecule has 4 amide bonds. The van der Waals surface area contributed by atoms with Crippen molar-refractivity contribution in [3.05, 3.63) is 71.3 Å². The maximum absolute atomic E-state index is 14.5. The number of amides is 4. The lowest BCUT2D eigenvalue weighted by molar-refractivity contribution is -0.148. The Labute approximate surface area is 398 Å². The van der Waals surface area contributed by atoms with Crippen molar-refractivity contribution in [1.82, 2.24) is 25.3 Å². The highest BCUT2D eigenvalue weighted by molar-refractivity contribution is 5.90. The quantitative estimate of drug-likeness (QED) is 0.0989. The van der Waals surface area contributed by atoms with Crippen LogP contribution in [0.2, 0.25) is 0 Å². The standard InChI is InChI=1S/C54H87N5O7/c1-16-37(6)49(58(13)53(64)47(35(2)3)56-52(63)48(36(4)5)57(11)12)45(65-14)33-46(61)59-30-20-23-44(59)50(66-15)38(7)51(62)55-42(31-40-21-18-17-19-22-40)32-43(60)29-28-39-24-26-41(27-25-39)34-54(8,9)10/h17-19,21-22,24-27,35-38,42,44-45,47-50H,16,20,23,28-34H2,1-15H3,(H,55,62)(H,56,63)/t37-,38+,42+,44-,45+,47-,48-,49-,50+/m0/s1. The van der Waals surface area contributed by atoms with Gasteiger partial charge in [-0.15, -0.1) is 0 Å². The van der Waals surface area contributed by atoms with Crippen LogP contribution in [0.1, 0.15) is 124 Å². The zero-order valence-corrected chi connectivity index (χ0v) is 43.3. The number of methoxy groups -OCH3 is 2. The molecule has 66 heavy (non-hydrogen) atoms. The summed E-state index contributed by atoms with van der Waals surface area (Å²) in [6.07, 6.45) is 3.63. The highest BCUT2D eigenvalue weighted by atomic mass is 16.5. The fourth-order valence-electron chi connectivity index (χ4n) is 9.91. The van der Waals surface area contributed by atoms with Gasteiger partial charge in [-0.1, -0.05) is 130 Å². The zero-order chi connectivity index (χ0) is 49.5. The Morgan fingerprint density at radius 2 is 1.41 bits per heavy atom. The molecule has 0 aliphatic carbocycles. The number of nitrogens with one attached hydrogen (secondary N) is 2. The molecule has 0 unspecified atom stereocenters. The van der Waals surface area contributed by atoms with Gasteiger partial charge in [0.2, 0.25) is 23.6 Å². The molecule has 12 heteroatoms. The average Bonchev–Trinajstić information content (AvgIpc) is 3.74. The summed E-state index contributed by atoms with van der Waals surface area (Å²) in [7, 11) is 8.63. The van der Waals surface area contributed by atoms with Crippen molar-refractivity contribution in [2.45, 2.75) is 169 Å². The lowest BCUT2D eigenvalue weighted by Crippen LogP contribution is -2.59. The van der Waals surface area contributed by atoms with E-state index in [9.17, 15) is 24.0 Å². The van der Waals surface area contributed by atoms with Crippen molar-refractivity contribution in [3.8, 4) is 0 Å². The van der Waals surface area contributed by atoms with Crippen LogP contribution in [0.3, 0.4) is 0 Å². The predicted molar refractivity (Wildman–Crippen MR) is 265 cm³/mol. The van der Waals surface area contributed by atoms with Gasteiger partial charge in [0.25, 0.3) is 0 Å². The van der Waals surface area contributed by atoms with Crippen LogP contribution in [0, 0.1) is 29.1 Å². The zero-order valence-electron chi connectivity index (χ0n) is 43.3. The minimum atomic E-state index is -0.770. The van der Waals surface area contributed by atoms with Crippen molar-refractivity contribution in [2.75, 3.05) is 41.9 Å². The SMILES string of the molecule is CC[C@H](C)[C@@H]([C@@H](CC(=O)N1CCC[C@H]1[C@H](OC)[C@@H](C)C(=O)N[C@@H](CC(=O)CCc1ccc(CC(C)(C)C)cc1)Cc1ccccc1)OC)N(C)C(=O)[C@@H](NC(=O)[C@H](C(C)C)N(C)C)C(C)C. The molecule has 2 aromatic carbocycles. The number of hydrogen-bond donors (Lipinski definition) is 2. The number of Topliss-reactive ketones (excluding diaryl/α,β-unsaturated/α-hetero) is 1. The van der Waals surface area contributed by atoms with Crippen LogP contribution in [0.5, 0.6) is 0 Å². The van der Waals surface area contributed by atoms with E-state index >= 15 is 0 Å². The van der Waals surface area contributed by atoms with Gasteiger partial charge < -0.3 is 29.9 Å². The number of benzene rings is 2. The Balaban J connectivity index is 1.76. The molecule has 2 aromatic rings. The number of rotatable bonds is 26. The lowest BCUT2D eigenvalue weighted by atomic mass is 9.88. The minimum absolute atomic E-state index is 0.0215. The van der Waals surface area contributed by atoms with Gasteiger partial charge in [-0.05, 0) is 86.1 Å². The fraction of sp³-hybridized carbons (Fsp3) is 0.685. The molecule has 0 bridgehead atoms. The molecule has 9 atom stereocenters. The van der Waals surface area contributed by atoms with Gasteiger partial charge in [-0.25, -0.2) is 0 Å². The third-order valence-electron chi connectivity index (χ3n) is 13.5. The van der Waals surface area contributed by atoms with E-state index in [-0.39, 0.29) is 71.5 Å². The van der Waals surface area contributed by atoms with Crippen LogP contribution < -0.4 is 10.6 Å². The summed E-state index contributed by atoms with van der Waals surface area (Å²) in [5.74, 6) is -1.52. The van der Waals surface area contributed by atoms with Crippen LogP contribution in [0.25, 0.3) is 0 Å². The number of likely N-dealkylation sites (N-methyl/N-ethyl adjacent to an activating group) is 2. The second-order valence-corrected chi connectivity index (χ2v) is 21.2. The van der Waals surface area contributed by atoms with Crippen molar-refractivity contribution >= 4 is 29.4 Å². The number of carbonyl (C=O) groups excluding carboxylic acids is 5. The van der Waals surface area contributed by atoms with Crippen LogP contribution >= 0.6 is 0 Å². The molecule has 1 saturated heterocycles. The van der Waals surface area contributed by atoms with E-state index in [2.05, 4.69) is 69.5 Å². The van der Waals surface area contributed by atoms with Crippen LogP contribution in [0.15, 0.2) is 54.6 Å². The Morgan fingerprint density at radius 1 is 0.788 bits per heavy atom. The molecule has 0 aromatic heterocycles. The topological polar surface area (TPSA) is 138 Å². The normalized spacial score (nSPS) is 18.0. The summed E-state index contributed by atoms with van der Waals surface area (Å²) in [4.78, 5) is 75.5. The molecule has 1 fully saturated rings. The van der Waals surface area contributed by atoms with E-state index in [1.54, 1.807) is 26.2 Å². The smallest absolute Gasteiger partial charge is 0.245 e. The summed E-state index contributed by atoms with van der Waals surface area (Å²) in [6, 6.07) is 16.0. The minimum Gasteiger partial charge on any atom is -0.379 e. The van der Waals surface area contributed by atoms with E-state index in [0.29, 0.717) is 32.2 Å². The summed E-state index contributed by atoms with van der Waals surface area (Å²) in [6.45, 7) is 20.9. The summed E-state index contributed by atoms with van der Waals surface area (Å²) >= 11 is 0. The van der Waals surface area contributed by atoms with E-state index in [1.165, 1.54) is 5.56 Å². The van der Waals surface area contributed by atoms with Crippen molar-refractivity contribution in [2.24, 2.45) is 29.1 Å². The molecule has 1 heterocycles. The number of ketones is 1. The first-order valence-corrected chi connectivity index (χ1v) is 24.6. The number of aryl methyl sites for hydroxylation is 1. The van der Waals surface area contributed by atoms with Gasteiger partial charge in [-0.2, -0.15) is 0 Å². The number of carbonyl (C=O) groups is 5. The van der Waals surface area contributed by atoms with Gasteiger partial charge in [0.15, 0.2) is 0 Å². The van der Waals surface area contributed by atoms with E-state index in [4.69, 9.17) is 9.47 Å². The van der Waals surface area contributed by atoms with Gasteiger partial charge in [-0.3, -0.25) is 28.9 Å². The highest BCUT2D eigenvalue weighted by Crippen LogP contribution is 2.30. The molecule has 0 radical (unpaired) electrons. The van der Waals surface area contributed by atoms with Crippen molar-refractivity contribution in [1.29, 1.82) is 0 Å². The van der Waals surface area contributed by atoms with Crippen LogP contribution in [0.4, 0.5) is 0 Å². The molecule has 3 rings (SSSR count). The Morgan fingerprint density at radius 3 is 1.94 bits per heavy atom. The second kappa shape index (κ2) is 26.4. The molecule has 1 aliphatic heterocycles. The summed E-state index contributed by atoms with van der Waals surface area (Å²) < 4.78 is 12.2.